The van der Waals surface area contributed by atoms with Crippen LogP contribution < -0.4 is 5.32 Å². The minimum atomic E-state index is -0.257. The van der Waals surface area contributed by atoms with Crippen LogP contribution in [0.2, 0.25) is 0 Å². The number of benzene rings is 1. The lowest BCUT2D eigenvalue weighted by Crippen LogP contribution is -2.22. The van der Waals surface area contributed by atoms with Gasteiger partial charge < -0.3 is 5.32 Å². The predicted octanol–water partition coefficient (Wildman–Crippen LogP) is 2.90. The van der Waals surface area contributed by atoms with Gasteiger partial charge in [0.1, 0.15) is 5.82 Å². The Morgan fingerprint density at radius 2 is 2.26 bits per heavy atom. The molecule has 6 heteroatoms. The molecule has 0 aliphatic heterocycles. The first-order valence-corrected chi connectivity index (χ1v) is 6.97. The highest BCUT2D eigenvalue weighted by Crippen LogP contribution is 2.28. The summed E-state index contributed by atoms with van der Waals surface area (Å²) in [6, 6.07) is 4.52. The molecular weight excluding hydrogens is 311 g/mol. The van der Waals surface area contributed by atoms with Gasteiger partial charge in [0, 0.05) is 11.0 Å². The highest BCUT2D eigenvalue weighted by Gasteiger charge is 2.20. The van der Waals surface area contributed by atoms with E-state index in [0.717, 1.165) is 28.7 Å². The maximum absolute atomic E-state index is 13.4. The van der Waals surface area contributed by atoms with Crippen LogP contribution >= 0.6 is 15.9 Å². The predicted molar refractivity (Wildman–Crippen MR) is 75.3 cm³/mol. The fourth-order valence-electron chi connectivity index (χ4n) is 2.07. The van der Waals surface area contributed by atoms with E-state index in [2.05, 4.69) is 38.5 Å². The molecule has 4 nitrogen and oxygen atoms in total. The quantitative estimate of drug-likeness (QED) is 0.918. The lowest BCUT2D eigenvalue weighted by Gasteiger charge is -2.19. The molecule has 0 aliphatic rings. The molecular formula is C13H16BrFN4. The van der Waals surface area contributed by atoms with Crippen LogP contribution in [-0.4, -0.2) is 22.0 Å². The highest BCUT2D eigenvalue weighted by molar-refractivity contribution is 9.10. The van der Waals surface area contributed by atoms with E-state index >= 15 is 0 Å². The van der Waals surface area contributed by atoms with Crippen LogP contribution in [0.1, 0.15) is 30.6 Å². The number of hydrogen-bond donors (Lipinski definition) is 1. The van der Waals surface area contributed by atoms with Gasteiger partial charge in [0.05, 0.1) is 17.9 Å². The molecule has 102 valence electrons. The van der Waals surface area contributed by atoms with Crippen LogP contribution in [0.3, 0.4) is 0 Å². The van der Waals surface area contributed by atoms with Crippen molar-refractivity contribution in [1.82, 2.24) is 20.3 Å². The molecule has 1 aromatic carbocycles. The molecule has 0 saturated carbocycles. The summed E-state index contributed by atoms with van der Waals surface area (Å²) in [6.07, 6.45) is 2.69. The molecule has 1 unspecified atom stereocenters. The Bertz CT molecular complexity index is 555. The van der Waals surface area contributed by atoms with Gasteiger partial charge in [-0.05, 0) is 37.2 Å². The number of halogens is 2. The largest absolute Gasteiger partial charge is 0.308 e. The minimum Gasteiger partial charge on any atom is -0.308 e. The molecule has 0 bridgehead atoms. The molecule has 0 fully saturated rings. The van der Waals surface area contributed by atoms with Crippen LogP contribution in [-0.2, 0) is 6.54 Å². The summed E-state index contributed by atoms with van der Waals surface area (Å²) in [5.41, 5.74) is 1.76. The zero-order valence-electron chi connectivity index (χ0n) is 10.9. The first-order valence-electron chi connectivity index (χ1n) is 6.18. The summed E-state index contributed by atoms with van der Waals surface area (Å²) in [5, 5.41) is 11.2. The smallest absolute Gasteiger partial charge is 0.123 e. The number of hydrogen-bond acceptors (Lipinski definition) is 3. The molecule has 0 amide bonds. The molecule has 1 N–H and O–H groups in total. The fraction of sp³-hybridized carbons (Fsp3) is 0.385. The van der Waals surface area contributed by atoms with E-state index in [1.165, 1.54) is 12.1 Å². The van der Waals surface area contributed by atoms with Gasteiger partial charge in [-0.3, -0.25) is 0 Å². The van der Waals surface area contributed by atoms with Crippen molar-refractivity contribution in [3.8, 4) is 0 Å². The second-order valence-corrected chi connectivity index (χ2v) is 5.12. The van der Waals surface area contributed by atoms with Gasteiger partial charge in [-0.25, -0.2) is 9.07 Å². The summed E-state index contributed by atoms with van der Waals surface area (Å²) in [7, 11) is 1.84. The zero-order chi connectivity index (χ0) is 13.8. The SMILES string of the molecule is CCCn1nncc1C(NC)c1cc(F)ccc1Br. The Labute approximate surface area is 120 Å². The zero-order valence-corrected chi connectivity index (χ0v) is 12.5. The number of nitrogens with zero attached hydrogens (tertiary/aromatic N) is 3. The summed E-state index contributed by atoms with van der Waals surface area (Å²) in [6.45, 7) is 2.87. The van der Waals surface area contributed by atoms with Gasteiger partial charge in [-0.2, -0.15) is 0 Å². The third-order valence-electron chi connectivity index (χ3n) is 2.94. The van der Waals surface area contributed by atoms with Crippen molar-refractivity contribution in [3.05, 3.63) is 45.9 Å². The third-order valence-corrected chi connectivity index (χ3v) is 3.66. The average molecular weight is 327 g/mol. The second-order valence-electron chi connectivity index (χ2n) is 4.27. The van der Waals surface area contributed by atoms with Crippen molar-refractivity contribution in [2.24, 2.45) is 0 Å². The van der Waals surface area contributed by atoms with Crippen molar-refractivity contribution in [2.45, 2.75) is 25.9 Å². The van der Waals surface area contributed by atoms with E-state index in [-0.39, 0.29) is 11.9 Å². The second kappa shape index (κ2) is 6.25. The summed E-state index contributed by atoms with van der Waals surface area (Å²) >= 11 is 3.46. The Balaban J connectivity index is 2.44. The number of rotatable bonds is 5. The molecule has 0 spiro atoms. The molecule has 1 atom stereocenters. The molecule has 19 heavy (non-hydrogen) atoms. The van der Waals surface area contributed by atoms with Crippen molar-refractivity contribution in [3.63, 3.8) is 0 Å². The van der Waals surface area contributed by atoms with Gasteiger partial charge in [0.15, 0.2) is 0 Å². The highest BCUT2D eigenvalue weighted by atomic mass is 79.9. The van der Waals surface area contributed by atoms with E-state index in [9.17, 15) is 4.39 Å². The Hall–Kier alpha value is -1.27. The first-order chi connectivity index (χ1) is 9.17. The van der Waals surface area contributed by atoms with Crippen LogP contribution in [0.15, 0.2) is 28.9 Å². The number of aromatic nitrogens is 3. The Morgan fingerprint density at radius 1 is 1.47 bits per heavy atom. The lowest BCUT2D eigenvalue weighted by molar-refractivity contribution is 0.521. The fourth-order valence-corrected chi connectivity index (χ4v) is 2.55. The maximum atomic E-state index is 13.4. The van der Waals surface area contributed by atoms with Crippen LogP contribution in [0.4, 0.5) is 4.39 Å². The van der Waals surface area contributed by atoms with E-state index in [1.54, 1.807) is 12.3 Å². The lowest BCUT2D eigenvalue weighted by atomic mass is 10.0. The van der Waals surface area contributed by atoms with Gasteiger partial charge in [0.25, 0.3) is 0 Å². The first kappa shape index (κ1) is 14.1. The van der Waals surface area contributed by atoms with Crippen molar-refractivity contribution < 1.29 is 4.39 Å². The van der Waals surface area contributed by atoms with Crippen LogP contribution in [0.25, 0.3) is 0 Å². The van der Waals surface area contributed by atoms with Gasteiger partial charge in [-0.1, -0.05) is 28.1 Å². The van der Waals surface area contributed by atoms with Gasteiger partial charge in [0.2, 0.25) is 0 Å². The molecule has 0 saturated heterocycles. The third kappa shape index (κ3) is 3.01. The normalized spacial score (nSPS) is 12.6. The van der Waals surface area contributed by atoms with Crippen molar-refractivity contribution in [2.75, 3.05) is 7.05 Å². The molecule has 2 aromatic rings. The number of aryl methyl sites for hydroxylation is 1. The van der Waals surface area contributed by atoms with Crippen molar-refractivity contribution in [1.29, 1.82) is 0 Å². The number of nitrogens with one attached hydrogen (secondary N) is 1. The van der Waals surface area contributed by atoms with E-state index in [1.807, 2.05) is 11.7 Å². The molecule has 1 aromatic heterocycles. The topological polar surface area (TPSA) is 42.7 Å². The maximum Gasteiger partial charge on any atom is 0.123 e. The van der Waals surface area contributed by atoms with Crippen molar-refractivity contribution >= 4 is 15.9 Å². The molecule has 0 aliphatic carbocycles. The average Bonchev–Trinajstić information content (AvgIpc) is 2.83. The molecule has 1 heterocycles. The Kier molecular flexibility index (Phi) is 4.66. The Morgan fingerprint density at radius 3 is 2.95 bits per heavy atom. The van der Waals surface area contributed by atoms with Gasteiger partial charge >= 0.3 is 0 Å². The summed E-state index contributed by atoms with van der Waals surface area (Å²) < 4.78 is 16.2. The minimum absolute atomic E-state index is 0.147. The van der Waals surface area contributed by atoms with Crippen LogP contribution in [0, 0.1) is 5.82 Å². The van der Waals surface area contributed by atoms with E-state index in [4.69, 9.17) is 0 Å². The molecule has 0 radical (unpaired) electrons. The van der Waals surface area contributed by atoms with Crippen LogP contribution in [0.5, 0.6) is 0 Å². The molecule has 2 rings (SSSR count). The summed E-state index contributed by atoms with van der Waals surface area (Å²) in [4.78, 5) is 0. The monoisotopic (exact) mass is 326 g/mol. The van der Waals surface area contributed by atoms with E-state index < -0.39 is 0 Å². The van der Waals surface area contributed by atoms with E-state index in [0.29, 0.717) is 0 Å². The van der Waals surface area contributed by atoms with Gasteiger partial charge in [-0.15, -0.1) is 5.10 Å². The standard InChI is InChI=1S/C13H16BrFN4/c1-3-6-19-12(8-17-18-19)13(16-2)10-7-9(15)4-5-11(10)14/h4-5,7-8,13,16H,3,6H2,1-2H3. The summed E-state index contributed by atoms with van der Waals surface area (Å²) in [5.74, 6) is -0.257.